The number of aromatic nitrogens is 3. The van der Waals surface area contributed by atoms with Gasteiger partial charge in [0.15, 0.2) is 0 Å². The molecule has 0 aliphatic rings. The first-order valence-electron chi connectivity index (χ1n) is 3.36. The molecule has 0 bridgehead atoms. The van der Waals surface area contributed by atoms with Crippen molar-refractivity contribution < 1.29 is 4.39 Å². The van der Waals surface area contributed by atoms with Gasteiger partial charge in [-0.15, -0.1) is 0 Å². The summed E-state index contributed by atoms with van der Waals surface area (Å²) in [5.41, 5.74) is 5.14. The molecule has 66 valence electrons. The van der Waals surface area contributed by atoms with Gasteiger partial charge >= 0.3 is 5.69 Å². The first-order chi connectivity index (χ1) is 5.77. The molecule has 0 spiro atoms. The zero-order valence-electron chi connectivity index (χ0n) is 6.33. The van der Waals surface area contributed by atoms with Gasteiger partial charge in [0, 0.05) is 6.54 Å². The van der Waals surface area contributed by atoms with Crippen LogP contribution in [0, 0.1) is 0 Å². The molecule has 0 saturated heterocycles. The Hall–Kier alpha value is -1.43. The number of aromatic amines is 1. The molecule has 0 fully saturated rings. The minimum atomic E-state index is -0.372. The summed E-state index contributed by atoms with van der Waals surface area (Å²) in [6, 6.07) is 0. The fourth-order valence-electron chi connectivity index (χ4n) is 0.729. The van der Waals surface area contributed by atoms with Gasteiger partial charge in [0.1, 0.15) is 6.33 Å². The first-order valence-corrected chi connectivity index (χ1v) is 3.36. The number of halogens is 1. The molecular weight excluding hydrogens is 163 g/mol. The lowest BCUT2D eigenvalue weighted by molar-refractivity contribution is 0.616. The van der Waals surface area contributed by atoms with Crippen molar-refractivity contribution in [1.82, 2.24) is 14.8 Å². The minimum absolute atomic E-state index is 0.0792. The Labute approximate surface area is 67.7 Å². The topological polar surface area (TPSA) is 76.7 Å². The SMILES string of the molecule is NC/C(=C/F)Cn1nc[nH]c1=O. The van der Waals surface area contributed by atoms with Crippen LogP contribution < -0.4 is 11.4 Å². The summed E-state index contributed by atoms with van der Waals surface area (Å²) in [5, 5.41) is 3.64. The van der Waals surface area contributed by atoms with Crippen LogP contribution in [0.3, 0.4) is 0 Å². The van der Waals surface area contributed by atoms with Crippen LogP contribution in [0.25, 0.3) is 0 Å². The monoisotopic (exact) mass is 172 g/mol. The highest BCUT2D eigenvalue weighted by Crippen LogP contribution is 1.93. The normalized spacial score (nSPS) is 12.0. The van der Waals surface area contributed by atoms with E-state index in [4.69, 9.17) is 5.73 Å². The van der Waals surface area contributed by atoms with E-state index in [1.54, 1.807) is 0 Å². The Morgan fingerprint density at radius 2 is 2.67 bits per heavy atom. The van der Waals surface area contributed by atoms with Crippen LogP contribution in [-0.2, 0) is 6.54 Å². The van der Waals surface area contributed by atoms with Crippen molar-refractivity contribution in [2.24, 2.45) is 5.73 Å². The molecule has 0 unspecified atom stereocenters. The van der Waals surface area contributed by atoms with Crippen LogP contribution in [0.4, 0.5) is 4.39 Å². The van der Waals surface area contributed by atoms with Crippen molar-refractivity contribution in [2.45, 2.75) is 6.54 Å². The van der Waals surface area contributed by atoms with Gasteiger partial charge < -0.3 is 5.73 Å². The van der Waals surface area contributed by atoms with Gasteiger partial charge in [0.2, 0.25) is 0 Å². The lowest BCUT2D eigenvalue weighted by Gasteiger charge is -1.99. The predicted molar refractivity (Wildman–Crippen MR) is 41.1 cm³/mol. The third-order valence-electron chi connectivity index (χ3n) is 1.39. The van der Waals surface area contributed by atoms with Gasteiger partial charge in [-0.3, -0.25) is 4.98 Å². The lowest BCUT2D eigenvalue weighted by atomic mass is 10.3. The van der Waals surface area contributed by atoms with E-state index in [0.717, 1.165) is 4.68 Å². The molecule has 0 atom stereocenters. The van der Waals surface area contributed by atoms with E-state index in [1.165, 1.54) is 6.33 Å². The third kappa shape index (κ3) is 1.79. The van der Waals surface area contributed by atoms with Gasteiger partial charge in [-0.2, -0.15) is 5.10 Å². The number of nitrogens with one attached hydrogen (secondary N) is 1. The highest BCUT2D eigenvalue weighted by atomic mass is 19.1. The molecular formula is C6H9FN4O. The molecule has 1 rings (SSSR count). The lowest BCUT2D eigenvalue weighted by Crippen LogP contribution is -2.21. The second kappa shape index (κ2) is 3.82. The average Bonchev–Trinajstić information content (AvgIpc) is 2.47. The van der Waals surface area contributed by atoms with E-state index in [0.29, 0.717) is 11.9 Å². The quantitative estimate of drug-likeness (QED) is 0.638. The van der Waals surface area contributed by atoms with E-state index in [9.17, 15) is 9.18 Å². The largest absolute Gasteiger partial charge is 0.343 e. The number of nitrogens with zero attached hydrogens (tertiary/aromatic N) is 2. The predicted octanol–water partition coefficient (Wildman–Crippen LogP) is -0.617. The number of hydrogen-bond acceptors (Lipinski definition) is 3. The van der Waals surface area contributed by atoms with Crippen LogP contribution in [0.15, 0.2) is 23.0 Å². The van der Waals surface area contributed by atoms with Gasteiger partial charge in [0.05, 0.1) is 12.9 Å². The van der Waals surface area contributed by atoms with E-state index in [-0.39, 0.29) is 18.8 Å². The molecule has 6 heteroatoms. The van der Waals surface area contributed by atoms with Crippen LogP contribution in [-0.4, -0.2) is 21.3 Å². The summed E-state index contributed by atoms with van der Waals surface area (Å²) in [5.74, 6) is 0. The summed E-state index contributed by atoms with van der Waals surface area (Å²) >= 11 is 0. The van der Waals surface area contributed by atoms with E-state index >= 15 is 0 Å². The maximum absolute atomic E-state index is 12.0. The maximum Gasteiger partial charge on any atom is 0.343 e. The van der Waals surface area contributed by atoms with Gasteiger partial charge in [0.25, 0.3) is 0 Å². The molecule has 5 nitrogen and oxygen atoms in total. The maximum atomic E-state index is 12.0. The van der Waals surface area contributed by atoms with Crippen molar-refractivity contribution >= 4 is 0 Å². The molecule has 0 radical (unpaired) electrons. The number of nitrogens with two attached hydrogens (primary N) is 1. The molecule has 12 heavy (non-hydrogen) atoms. The fraction of sp³-hybridized carbons (Fsp3) is 0.333. The highest BCUT2D eigenvalue weighted by Gasteiger charge is 2.00. The van der Waals surface area contributed by atoms with E-state index in [1.807, 2.05) is 0 Å². The van der Waals surface area contributed by atoms with Crippen molar-refractivity contribution in [2.75, 3.05) is 6.54 Å². The van der Waals surface area contributed by atoms with Crippen LogP contribution in [0.1, 0.15) is 0 Å². The van der Waals surface area contributed by atoms with Crippen molar-refractivity contribution in [1.29, 1.82) is 0 Å². The van der Waals surface area contributed by atoms with Crippen LogP contribution >= 0.6 is 0 Å². The van der Waals surface area contributed by atoms with Crippen molar-refractivity contribution in [3.63, 3.8) is 0 Å². The molecule has 0 aliphatic heterocycles. The summed E-state index contributed by atoms with van der Waals surface area (Å²) in [7, 11) is 0. The van der Waals surface area contributed by atoms with Gasteiger partial charge in [-0.1, -0.05) is 0 Å². The fourth-order valence-corrected chi connectivity index (χ4v) is 0.729. The standard InChI is InChI=1S/C6H9FN4O/c7-1-5(2-8)3-11-6(12)9-4-10-11/h1,4H,2-3,8H2,(H,9,10,12)/b5-1-. The zero-order chi connectivity index (χ0) is 8.97. The zero-order valence-corrected chi connectivity index (χ0v) is 6.33. The molecule has 0 amide bonds. The molecule has 3 N–H and O–H groups in total. The average molecular weight is 172 g/mol. The van der Waals surface area contributed by atoms with Crippen molar-refractivity contribution in [3.05, 3.63) is 28.7 Å². The summed E-state index contributed by atoms with van der Waals surface area (Å²) < 4.78 is 13.1. The molecule has 1 heterocycles. The molecule has 0 saturated carbocycles. The Kier molecular flexibility index (Phi) is 2.76. The minimum Gasteiger partial charge on any atom is -0.327 e. The van der Waals surface area contributed by atoms with E-state index < -0.39 is 0 Å². The Balaban J connectivity index is 2.76. The Morgan fingerprint density at radius 1 is 1.92 bits per heavy atom. The smallest absolute Gasteiger partial charge is 0.327 e. The summed E-state index contributed by atoms with van der Waals surface area (Å²) in [4.78, 5) is 13.2. The Morgan fingerprint density at radius 3 is 3.08 bits per heavy atom. The van der Waals surface area contributed by atoms with E-state index in [2.05, 4.69) is 10.1 Å². The third-order valence-corrected chi connectivity index (χ3v) is 1.39. The van der Waals surface area contributed by atoms with Crippen molar-refractivity contribution in [3.8, 4) is 0 Å². The molecule has 0 aromatic carbocycles. The second-order valence-corrected chi connectivity index (χ2v) is 2.22. The van der Waals surface area contributed by atoms with Crippen LogP contribution in [0.5, 0.6) is 0 Å². The Bertz CT molecular complexity index is 326. The number of H-pyrrole nitrogens is 1. The molecule has 1 aromatic heterocycles. The highest BCUT2D eigenvalue weighted by molar-refractivity contribution is 4.98. The van der Waals surface area contributed by atoms with Gasteiger partial charge in [-0.25, -0.2) is 13.9 Å². The number of rotatable bonds is 3. The van der Waals surface area contributed by atoms with Gasteiger partial charge in [-0.05, 0) is 5.57 Å². The summed E-state index contributed by atoms with van der Waals surface area (Å²) in [6.07, 6.45) is 1.63. The summed E-state index contributed by atoms with van der Waals surface area (Å²) in [6.45, 7) is 0.172. The molecule has 1 aromatic rings. The second-order valence-electron chi connectivity index (χ2n) is 2.22. The number of hydrogen-bond donors (Lipinski definition) is 2. The van der Waals surface area contributed by atoms with Crippen LogP contribution in [0.2, 0.25) is 0 Å². The first kappa shape index (κ1) is 8.66. The molecule has 0 aliphatic carbocycles.